The van der Waals surface area contributed by atoms with Crippen molar-refractivity contribution in [1.82, 2.24) is 0 Å². The van der Waals surface area contributed by atoms with Gasteiger partial charge in [0.15, 0.2) is 0 Å². The van der Waals surface area contributed by atoms with Gasteiger partial charge in [-0.2, -0.15) is 0 Å². The molecule has 0 saturated carbocycles. The molecule has 0 unspecified atom stereocenters. The molecule has 1 amide bonds. The highest BCUT2D eigenvalue weighted by Gasteiger charge is 2.14. The zero-order valence-corrected chi connectivity index (χ0v) is 11.4. The summed E-state index contributed by atoms with van der Waals surface area (Å²) < 4.78 is 0. The largest absolute Gasteiger partial charge is 0.370 e. The highest BCUT2D eigenvalue weighted by Crippen LogP contribution is 2.27. The van der Waals surface area contributed by atoms with E-state index in [0.717, 1.165) is 24.5 Å². The summed E-state index contributed by atoms with van der Waals surface area (Å²) in [6.07, 6.45) is 5.43. The second-order valence-corrected chi connectivity index (χ2v) is 5.01. The van der Waals surface area contributed by atoms with E-state index >= 15 is 0 Å². The smallest absolute Gasteiger partial charge is 0.225 e. The summed E-state index contributed by atoms with van der Waals surface area (Å²) in [5, 5.41) is 2.97. The third-order valence-corrected chi connectivity index (χ3v) is 3.50. The maximum atomic E-state index is 11.7. The zero-order valence-electron chi connectivity index (χ0n) is 11.4. The number of nitrogens with one attached hydrogen (secondary N) is 1. The van der Waals surface area contributed by atoms with E-state index in [-0.39, 0.29) is 5.91 Å². The molecule has 0 atom stereocenters. The van der Waals surface area contributed by atoms with E-state index in [4.69, 9.17) is 5.73 Å². The second kappa shape index (κ2) is 7.14. The molecule has 0 spiro atoms. The molecule has 4 heteroatoms. The molecule has 3 N–H and O–H groups in total. The van der Waals surface area contributed by atoms with Gasteiger partial charge in [0.1, 0.15) is 0 Å². The number of hydrogen-bond donors (Lipinski definition) is 2. The first-order valence-corrected chi connectivity index (χ1v) is 7.15. The number of carbonyl (C=O) groups excluding carboxylic acids is 1. The molecule has 1 fully saturated rings. The molecular weight excluding hydrogens is 238 g/mol. The maximum Gasteiger partial charge on any atom is 0.225 e. The first kappa shape index (κ1) is 13.9. The van der Waals surface area contributed by atoms with Crippen molar-refractivity contribution in [2.75, 3.05) is 29.9 Å². The average Bonchev–Trinajstić information content (AvgIpc) is 2.68. The van der Waals surface area contributed by atoms with Gasteiger partial charge in [0, 0.05) is 26.1 Å². The number of amides is 1. The number of hydrogen-bond acceptors (Lipinski definition) is 3. The van der Waals surface area contributed by atoms with Crippen molar-refractivity contribution < 1.29 is 4.79 Å². The topological polar surface area (TPSA) is 58.4 Å². The van der Waals surface area contributed by atoms with Gasteiger partial charge in [-0.05, 0) is 25.0 Å². The molecule has 0 radical (unpaired) electrons. The number of nitrogens with two attached hydrogens (primary N) is 1. The molecular formula is C15H23N3O. The molecule has 1 heterocycles. The minimum absolute atomic E-state index is 0.00947. The summed E-state index contributed by atoms with van der Waals surface area (Å²) in [6.45, 7) is 2.53. The number of nitrogens with zero attached hydrogens (tertiary/aromatic N) is 1. The number of benzene rings is 1. The summed E-state index contributed by atoms with van der Waals surface area (Å²) in [6, 6.07) is 8.04. The highest BCUT2D eigenvalue weighted by molar-refractivity contribution is 5.94. The van der Waals surface area contributed by atoms with Crippen molar-refractivity contribution in [3.8, 4) is 0 Å². The molecule has 0 aliphatic carbocycles. The second-order valence-electron chi connectivity index (χ2n) is 5.01. The minimum Gasteiger partial charge on any atom is -0.370 e. The lowest BCUT2D eigenvalue weighted by Gasteiger charge is -2.25. The first-order valence-electron chi connectivity index (χ1n) is 7.15. The van der Waals surface area contributed by atoms with Crippen LogP contribution in [0, 0.1) is 0 Å². The van der Waals surface area contributed by atoms with Crippen LogP contribution in [0.25, 0.3) is 0 Å². The molecule has 2 rings (SSSR count). The Hall–Kier alpha value is -1.55. The van der Waals surface area contributed by atoms with Crippen LogP contribution in [-0.2, 0) is 4.79 Å². The van der Waals surface area contributed by atoms with Gasteiger partial charge in [0.25, 0.3) is 0 Å². The molecule has 0 aromatic heterocycles. The van der Waals surface area contributed by atoms with Gasteiger partial charge in [0.05, 0.1) is 11.4 Å². The van der Waals surface area contributed by atoms with Crippen LogP contribution in [-0.4, -0.2) is 25.5 Å². The fourth-order valence-electron chi connectivity index (χ4n) is 2.51. The Morgan fingerprint density at radius 2 is 1.84 bits per heavy atom. The van der Waals surface area contributed by atoms with Crippen molar-refractivity contribution >= 4 is 17.3 Å². The quantitative estimate of drug-likeness (QED) is 0.874. The van der Waals surface area contributed by atoms with Gasteiger partial charge >= 0.3 is 0 Å². The minimum atomic E-state index is -0.00947. The van der Waals surface area contributed by atoms with Gasteiger partial charge in [-0.1, -0.05) is 25.0 Å². The van der Waals surface area contributed by atoms with Crippen molar-refractivity contribution in [3.63, 3.8) is 0 Å². The van der Waals surface area contributed by atoms with Crippen LogP contribution in [0.4, 0.5) is 11.4 Å². The molecule has 19 heavy (non-hydrogen) atoms. The number of para-hydroxylation sites is 2. The van der Waals surface area contributed by atoms with E-state index in [1.807, 2.05) is 18.2 Å². The van der Waals surface area contributed by atoms with Crippen LogP contribution in [0.3, 0.4) is 0 Å². The number of rotatable bonds is 4. The molecule has 1 aromatic rings. The van der Waals surface area contributed by atoms with Crippen LogP contribution in [0.5, 0.6) is 0 Å². The van der Waals surface area contributed by atoms with Crippen LogP contribution in [0.15, 0.2) is 24.3 Å². The van der Waals surface area contributed by atoms with Gasteiger partial charge in [-0.25, -0.2) is 0 Å². The van der Waals surface area contributed by atoms with E-state index in [9.17, 15) is 4.79 Å². The predicted octanol–water partition coefficient (Wildman–Crippen LogP) is 2.35. The Balaban J connectivity index is 2.12. The summed E-state index contributed by atoms with van der Waals surface area (Å²) in [5.41, 5.74) is 7.45. The van der Waals surface area contributed by atoms with Crippen molar-refractivity contribution in [2.45, 2.75) is 32.1 Å². The van der Waals surface area contributed by atoms with Crippen LogP contribution in [0.2, 0.25) is 0 Å². The Labute approximate surface area is 115 Å². The third kappa shape index (κ3) is 3.96. The van der Waals surface area contributed by atoms with Crippen LogP contribution >= 0.6 is 0 Å². The van der Waals surface area contributed by atoms with Gasteiger partial charge in [-0.3, -0.25) is 4.79 Å². The normalized spacial score (nSPS) is 15.9. The molecule has 1 saturated heterocycles. The third-order valence-electron chi connectivity index (χ3n) is 3.50. The fourth-order valence-corrected chi connectivity index (χ4v) is 2.51. The Morgan fingerprint density at radius 3 is 2.53 bits per heavy atom. The Morgan fingerprint density at radius 1 is 1.16 bits per heavy atom. The number of anilines is 2. The summed E-state index contributed by atoms with van der Waals surface area (Å²) in [5.74, 6) is -0.00947. The summed E-state index contributed by atoms with van der Waals surface area (Å²) >= 11 is 0. The summed E-state index contributed by atoms with van der Waals surface area (Å²) in [4.78, 5) is 14.1. The number of carbonyl (C=O) groups is 1. The van der Waals surface area contributed by atoms with Crippen molar-refractivity contribution in [1.29, 1.82) is 0 Å². The first-order chi connectivity index (χ1) is 9.31. The van der Waals surface area contributed by atoms with Crippen molar-refractivity contribution in [2.24, 2.45) is 5.73 Å². The molecule has 104 valence electrons. The monoisotopic (exact) mass is 261 g/mol. The fraction of sp³-hybridized carbons (Fsp3) is 0.533. The average molecular weight is 261 g/mol. The van der Waals surface area contributed by atoms with Gasteiger partial charge in [-0.15, -0.1) is 0 Å². The van der Waals surface area contributed by atoms with E-state index in [2.05, 4.69) is 16.3 Å². The molecule has 1 aliphatic rings. The summed E-state index contributed by atoms with van der Waals surface area (Å²) in [7, 11) is 0. The Kier molecular flexibility index (Phi) is 5.21. The predicted molar refractivity (Wildman–Crippen MR) is 79.4 cm³/mol. The lowest BCUT2D eigenvalue weighted by atomic mass is 10.2. The molecule has 1 aromatic carbocycles. The van der Waals surface area contributed by atoms with Gasteiger partial charge < -0.3 is 16.0 Å². The van der Waals surface area contributed by atoms with E-state index in [1.165, 1.54) is 25.7 Å². The highest BCUT2D eigenvalue weighted by atomic mass is 16.1. The molecule has 4 nitrogen and oxygen atoms in total. The van der Waals surface area contributed by atoms with Crippen LogP contribution in [0.1, 0.15) is 32.1 Å². The molecule has 0 bridgehead atoms. The van der Waals surface area contributed by atoms with E-state index < -0.39 is 0 Å². The SMILES string of the molecule is NCCC(=O)Nc1ccccc1N1CCCCCC1. The maximum absolute atomic E-state index is 11.7. The van der Waals surface area contributed by atoms with Crippen molar-refractivity contribution in [3.05, 3.63) is 24.3 Å². The lowest BCUT2D eigenvalue weighted by Crippen LogP contribution is -2.26. The lowest BCUT2D eigenvalue weighted by molar-refractivity contribution is -0.116. The molecule has 1 aliphatic heterocycles. The van der Waals surface area contributed by atoms with E-state index in [0.29, 0.717) is 13.0 Å². The van der Waals surface area contributed by atoms with Crippen LogP contribution < -0.4 is 16.0 Å². The standard InChI is InChI=1S/C15H23N3O/c16-10-9-15(19)17-13-7-3-4-8-14(13)18-11-5-1-2-6-12-18/h3-4,7-8H,1-2,5-6,9-12,16H2,(H,17,19). The zero-order chi connectivity index (χ0) is 13.5. The Bertz CT molecular complexity index is 412. The van der Waals surface area contributed by atoms with E-state index in [1.54, 1.807) is 0 Å². The van der Waals surface area contributed by atoms with Gasteiger partial charge in [0.2, 0.25) is 5.91 Å².